The normalized spacial score (nSPS) is 15.3. The first-order valence-corrected chi connectivity index (χ1v) is 23.9. The van der Waals surface area contributed by atoms with Gasteiger partial charge in [0.1, 0.15) is 0 Å². The Morgan fingerprint density at radius 3 is 1.60 bits per heavy atom. The van der Waals surface area contributed by atoms with Crippen LogP contribution >= 0.6 is 22.7 Å². The van der Waals surface area contributed by atoms with Crippen LogP contribution in [0.25, 0.3) is 92.5 Å². The van der Waals surface area contributed by atoms with Crippen molar-refractivity contribution in [2.45, 2.75) is 25.7 Å². The maximum Gasteiger partial charge on any atom is 0.0972 e. The highest BCUT2D eigenvalue weighted by molar-refractivity contribution is 7.13. The molecule has 6 heterocycles. The summed E-state index contributed by atoms with van der Waals surface area (Å²) < 4.78 is 0. The average molecular weight is 869 g/mol. The number of fused-ring (bicyclic) bond motifs is 9. The van der Waals surface area contributed by atoms with E-state index < -0.39 is 5.41 Å². The zero-order valence-electron chi connectivity index (χ0n) is 35.8. The summed E-state index contributed by atoms with van der Waals surface area (Å²) in [5, 5.41) is 8.74. The van der Waals surface area contributed by atoms with E-state index in [1.54, 1.807) is 22.7 Å². The van der Waals surface area contributed by atoms with Gasteiger partial charge in [0, 0.05) is 49.3 Å². The predicted molar refractivity (Wildman–Crippen MR) is 272 cm³/mol. The number of aryl methyl sites for hydroxylation is 1. The van der Waals surface area contributed by atoms with Gasteiger partial charge in [0.05, 0.1) is 38.9 Å². The molecule has 2 aliphatic rings. The van der Waals surface area contributed by atoms with E-state index in [4.69, 9.17) is 19.9 Å². The van der Waals surface area contributed by atoms with Crippen molar-refractivity contribution in [2.24, 2.45) is 5.92 Å². The minimum Gasteiger partial charge on any atom is -0.254 e. The Labute approximate surface area is 385 Å². The summed E-state index contributed by atoms with van der Waals surface area (Å²) in [6.07, 6.45) is 9.44. The highest BCUT2D eigenvalue weighted by Crippen LogP contribution is 2.60. The van der Waals surface area contributed by atoms with Gasteiger partial charge in [-0.1, -0.05) is 121 Å². The van der Waals surface area contributed by atoms with Gasteiger partial charge in [-0.05, 0) is 136 Å². The maximum absolute atomic E-state index is 5.33. The predicted octanol–water partition coefficient (Wildman–Crippen LogP) is 15.7. The van der Waals surface area contributed by atoms with Gasteiger partial charge in [-0.25, -0.2) is 9.97 Å². The van der Waals surface area contributed by atoms with Crippen LogP contribution in [0.1, 0.15) is 41.3 Å². The summed E-state index contributed by atoms with van der Waals surface area (Å²) in [6, 6.07) is 55.9. The Balaban J connectivity index is 1.02. The molecule has 0 N–H and O–H groups in total. The molecular weight excluding hydrogens is 829 g/mol. The molecule has 0 bridgehead atoms. The molecule has 0 saturated carbocycles. The molecule has 0 saturated heterocycles. The van der Waals surface area contributed by atoms with Crippen LogP contribution in [0.5, 0.6) is 0 Å². The Morgan fingerprint density at radius 1 is 0.508 bits per heavy atom. The third-order valence-electron chi connectivity index (χ3n) is 13.9. The minimum atomic E-state index is -0.522. The quantitative estimate of drug-likeness (QED) is 0.156. The number of benzene rings is 5. The second-order valence-corrected chi connectivity index (χ2v) is 19.4. The van der Waals surface area contributed by atoms with Crippen LogP contribution in [0.4, 0.5) is 0 Å². The number of rotatable bonds is 6. The van der Waals surface area contributed by atoms with Crippen molar-refractivity contribution in [2.75, 3.05) is 0 Å². The largest absolute Gasteiger partial charge is 0.254 e. The first-order chi connectivity index (χ1) is 32.0. The van der Waals surface area contributed by atoms with Gasteiger partial charge < -0.3 is 0 Å². The lowest BCUT2D eigenvalue weighted by Gasteiger charge is -2.41. The summed E-state index contributed by atoms with van der Waals surface area (Å²) in [5.74, 6) is 0.0906. The molecule has 308 valence electrons. The molecule has 13 rings (SSSR count). The van der Waals surface area contributed by atoms with Crippen molar-refractivity contribution in [1.29, 1.82) is 0 Å². The van der Waals surface area contributed by atoms with Crippen LogP contribution in [0.3, 0.4) is 0 Å². The third kappa shape index (κ3) is 5.94. The van der Waals surface area contributed by atoms with E-state index in [1.807, 2.05) is 24.5 Å². The van der Waals surface area contributed by atoms with Gasteiger partial charge in [-0.3, -0.25) is 9.97 Å². The van der Waals surface area contributed by atoms with Crippen LogP contribution in [-0.2, 0) is 5.41 Å². The summed E-state index contributed by atoms with van der Waals surface area (Å²) in [7, 11) is 0. The Kier molecular flexibility index (Phi) is 8.70. The van der Waals surface area contributed by atoms with Gasteiger partial charge >= 0.3 is 0 Å². The van der Waals surface area contributed by atoms with Gasteiger partial charge in [0.25, 0.3) is 0 Å². The lowest BCUT2D eigenvalue weighted by Crippen LogP contribution is -2.36. The summed E-state index contributed by atoms with van der Waals surface area (Å²) >= 11 is 3.60. The number of pyridine rings is 4. The van der Waals surface area contributed by atoms with Crippen LogP contribution in [0.15, 0.2) is 193 Å². The van der Waals surface area contributed by atoms with Crippen LogP contribution < -0.4 is 0 Å². The Bertz CT molecular complexity index is 3700. The molecular formula is C59H40N4S2. The Morgan fingerprint density at radius 2 is 1.05 bits per heavy atom. The Hall–Kier alpha value is -7.38. The van der Waals surface area contributed by atoms with E-state index in [-0.39, 0.29) is 5.92 Å². The standard InChI is InChI=1S/C59H40N4S2/c1-35-31-43(19-23-45(35)51-25-17-39-13-11-37-7-3-27-60-55(37)57(39)62-51)59(44-20-24-46(36(2)32-44)52-26-18-40-14-12-38-8-4-28-61-56(38)58(40)63-52)49-33-41(53-9-5-29-64-53)15-21-47(49)48-22-16-42(34-50(48)59)54-10-6-30-65-54/h3-31,33-34,44H,32H2,1-2H3. The topological polar surface area (TPSA) is 51.6 Å². The molecule has 6 aromatic heterocycles. The lowest BCUT2D eigenvalue weighted by molar-refractivity contribution is 0.450. The monoisotopic (exact) mass is 868 g/mol. The zero-order chi connectivity index (χ0) is 43.2. The van der Waals surface area contributed by atoms with E-state index in [9.17, 15) is 0 Å². The van der Waals surface area contributed by atoms with E-state index >= 15 is 0 Å². The number of nitrogens with zero attached hydrogens (tertiary/aromatic N) is 4. The van der Waals surface area contributed by atoms with Crippen molar-refractivity contribution >= 4 is 71.9 Å². The molecule has 5 aromatic carbocycles. The smallest absolute Gasteiger partial charge is 0.0972 e. The molecule has 0 amide bonds. The molecule has 1 atom stereocenters. The molecule has 1 unspecified atom stereocenters. The van der Waals surface area contributed by atoms with Crippen LogP contribution in [-0.4, -0.2) is 19.9 Å². The SMILES string of the molecule is CC1=C(c2ccc3ccc4cccnc4c3n2)C=CC(C2(c3ccc(-c4ccc5ccc6cccnc6c5n4)c(C)c3)c3cc(-c4cccs4)ccc3-c3ccc(-c4cccs4)cc32)C1. The molecule has 2 aliphatic carbocycles. The molecule has 0 spiro atoms. The fraction of sp³-hybridized carbons (Fsp3) is 0.0847. The van der Waals surface area contributed by atoms with Gasteiger partial charge in [-0.2, -0.15) is 0 Å². The molecule has 65 heavy (non-hydrogen) atoms. The third-order valence-corrected chi connectivity index (χ3v) is 15.8. The highest BCUT2D eigenvalue weighted by Gasteiger charge is 2.50. The van der Waals surface area contributed by atoms with Gasteiger partial charge in [-0.15, -0.1) is 22.7 Å². The van der Waals surface area contributed by atoms with E-state index in [2.05, 4.69) is 176 Å². The second kappa shape index (κ2) is 14.8. The highest BCUT2D eigenvalue weighted by atomic mass is 32.1. The number of thiophene rings is 2. The van der Waals surface area contributed by atoms with Gasteiger partial charge in [0.2, 0.25) is 0 Å². The molecule has 0 radical (unpaired) electrons. The van der Waals surface area contributed by atoms with Crippen molar-refractivity contribution in [3.8, 4) is 43.3 Å². The van der Waals surface area contributed by atoms with Crippen LogP contribution in [0, 0.1) is 12.8 Å². The van der Waals surface area contributed by atoms with E-state index in [0.29, 0.717) is 0 Å². The molecule has 4 nitrogen and oxygen atoms in total. The zero-order valence-corrected chi connectivity index (χ0v) is 37.4. The van der Waals surface area contributed by atoms with Crippen molar-refractivity contribution in [3.05, 3.63) is 220 Å². The number of aromatic nitrogens is 4. The minimum absolute atomic E-state index is 0.0906. The number of allylic oxidation sites excluding steroid dienone is 4. The summed E-state index contributed by atoms with van der Waals surface area (Å²) in [6.45, 7) is 4.57. The fourth-order valence-corrected chi connectivity index (χ4v) is 12.3. The lowest BCUT2D eigenvalue weighted by atomic mass is 9.60. The first-order valence-electron chi connectivity index (χ1n) is 22.2. The average Bonchev–Trinajstić information content (AvgIpc) is 4.15. The van der Waals surface area contributed by atoms with Crippen molar-refractivity contribution in [1.82, 2.24) is 19.9 Å². The first kappa shape index (κ1) is 38.1. The van der Waals surface area contributed by atoms with E-state index in [1.165, 1.54) is 65.4 Å². The number of hydrogen-bond acceptors (Lipinski definition) is 6. The van der Waals surface area contributed by atoms with Gasteiger partial charge in [0.15, 0.2) is 0 Å². The van der Waals surface area contributed by atoms with Crippen LogP contribution in [0.2, 0.25) is 0 Å². The van der Waals surface area contributed by atoms with Crippen molar-refractivity contribution in [3.63, 3.8) is 0 Å². The summed E-state index contributed by atoms with van der Waals surface area (Å²) in [5.41, 5.74) is 19.0. The maximum atomic E-state index is 5.33. The number of hydrogen-bond donors (Lipinski definition) is 0. The van der Waals surface area contributed by atoms with E-state index in [0.717, 1.165) is 67.0 Å². The summed E-state index contributed by atoms with van der Waals surface area (Å²) in [4.78, 5) is 22.7. The molecule has 6 heteroatoms. The fourth-order valence-electron chi connectivity index (χ4n) is 10.9. The molecule has 11 aromatic rings. The second-order valence-electron chi connectivity index (χ2n) is 17.5. The van der Waals surface area contributed by atoms with Crippen molar-refractivity contribution < 1.29 is 0 Å². The molecule has 0 fully saturated rings. The molecule has 0 aliphatic heterocycles.